The molecule has 0 bridgehead atoms. The number of nitrogens with one attached hydrogen (secondary N) is 1. The van der Waals surface area contributed by atoms with Gasteiger partial charge in [0.25, 0.3) is 0 Å². The van der Waals surface area contributed by atoms with Gasteiger partial charge >= 0.3 is 0 Å². The summed E-state index contributed by atoms with van der Waals surface area (Å²) in [4.78, 5) is 0.351. The van der Waals surface area contributed by atoms with Gasteiger partial charge in [-0.05, 0) is 44.4 Å². The highest BCUT2D eigenvalue weighted by molar-refractivity contribution is 7.85. The van der Waals surface area contributed by atoms with E-state index in [1.165, 1.54) is 12.5 Å². The molecule has 1 aliphatic carbocycles. The van der Waals surface area contributed by atoms with Crippen molar-refractivity contribution in [3.63, 3.8) is 0 Å². The van der Waals surface area contributed by atoms with Crippen LogP contribution < -0.4 is 5.32 Å². The van der Waals surface area contributed by atoms with Gasteiger partial charge in [-0.15, -0.1) is 0 Å². The fourth-order valence-electron chi connectivity index (χ4n) is 2.92. The Morgan fingerprint density at radius 3 is 2.74 bits per heavy atom. The minimum atomic E-state index is -1.27. The summed E-state index contributed by atoms with van der Waals surface area (Å²) in [5, 5.41) is 3.27. The molecule has 2 rings (SSSR count). The molecule has 1 N–H and O–H groups in total. The Morgan fingerprint density at radius 2 is 2.11 bits per heavy atom. The molecule has 0 radical (unpaired) electrons. The van der Waals surface area contributed by atoms with Gasteiger partial charge in [-0.3, -0.25) is 4.21 Å². The van der Waals surface area contributed by atoms with Gasteiger partial charge in [-0.25, -0.2) is 4.39 Å². The zero-order chi connectivity index (χ0) is 13.8. The summed E-state index contributed by atoms with van der Waals surface area (Å²) in [7, 11) is 0.634. The second kappa shape index (κ2) is 6.62. The molecule has 1 saturated carbocycles. The average molecular weight is 283 g/mol. The molecule has 2 nitrogen and oxygen atoms in total. The normalized spacial score (nSPS) is 29.1. The summed E-state index contributed by atoms with van der Waals surface area (Å²) < 4.78 is 26.5. The van der Waals surface area contributed by atoms with Crippen LogP contribution in [0.4, 0.5) is 4.39 Å². The largest absolute Gasteiger partial charge is 0.316 e. The van der Waals surface area contributed by atoms with E-state index in [0.717, 1.165) is 19.3 Å². The second-order valence-electron chi connectivity index (χ2n) is 5.25. The number of halogens is 1. The maximum atomic E-state index is 13.8. The van der Waals surface area contributed by atoms with E-state index in [1.54, 1.807) is 18.2 Å². The number of hydrogen-bond donors (Lipinski definition) is 1. The van der Waals surface area contributed by atoms with Crippen molar-refractivity contribution in [1.29, 1.82) is 0 Å². The first-order chi connectivity index (χ1) is 9.17. The first-order valence-electron chi connectivity index (χ1n) is 6.99. The maximum absolute atomic E-state index is 13.8. The van der Waals surface area contributed by atoms with Gasteiger partial charge in [0.05, 0.1) is 20.9 Å². The topological polar surface area (TPSA) is 29.1 Å². The standard InChI is InChI=1S/C15H22FNOS/c1-3-11-8-9-13(17-2)15(10-11)19(18)14-7-5-4-6-12(14)16/h4-7,11,13,15,17H,3,8-10H2,1-2H3. The van der Waals surface area contributed by atoms with Crippen LogP contribution in [0.3, 0.4) is 0 Å². The van der Waals surface area contributed by atoms with Crippen molar-refractivity contribution >= 4 is 10.8 Å². The van der Waals surface area contributed by atoms with Gasteiger partial charge < -0.3 is 5.32 Å². The van der Waals surface area contributed by atoms with Crippen LogP contribution in [0.25, 0.3) is 0 Å². The lowest BCUT2D eigenvalue weighted by Gasteiger charge is -2.35. The fraction of sp³-hybridized carbons (Fsp3) is 0.600. The molecule has 0 saturated heterocycles. The molecule has 4 heteroatoms. The van der Waals surface area contributed by atoms with Crippen molar-refractivity contribution in [3.05, 3.63) is 30.1 Å². The number of rotatable bonds is 4. The van der Waals surface area contributed by atoms with Gasteiger partial charge in [-0.1, -0.05) is 25.5 Å². The smallest absolute Gasteiger partial charge is 0.139 e. The maximum Gasteiger partial charge on any atom is 0.139 e. The minimum absolute atomic E-state index is 0.0144. The van der Waals surface area contributed by atoms with E-state index in [2.05, 4.69) is 12.2 Å². The van der Waals surface area contributed by atoms with E-state index in [-0.39, 0.29) is 17.1 Å². The monoisotopic (exact) mass is 283 g/mol. The van der Waals surface area contributed by atoms with Crippen LogP contribution in [0, 0.1) is 11.7 Å². The summed E-state index contributed by atoms with van der Waals surface area (Å²) >= 11 is 0. The molecule has 106 valence electrons. The van der Waals surface area contributed by atoms with Crippen LogP contribution in [0.5, 0.6) is 0 Å². The quantitative estimate of drug-likeness (QED) is 0.920. The molecular weight excluding hydrogens is 261 g/mol. The zero-order valence-electron chi connectivity index (χ0n) is 11.6. The van der Waals surface area contributed by atoms with Crippen LogP contribution >= 0.6 is 0 Å². The molecule has 0 spiro atoms. The number of benzene rings is 1. The van der Waals surface area contributed by atoms with E-state index in [1.807, 2.05) is 7.05 Å². The Labute approximate surface area is 117 Å². The Kier molecular flexibility index (Phi) is 5.11. The van der Waals surface area contributed by atoms with Gasteiger partial charge in [0.15, 0.2) is 0 Å². The van der Waals surface area contributed by atoms with E-state index in [4.69, 9.17) is 0 Å². The Hall–Kier alpha value is -0.740. The van der Waals surface area contributed by atoms with E-state index >= 15 is 0 Å². The highest BCUT2D eigenvalue weighted by atomic mass is 32.2. The molecule has 1 aromatic carbocycles. The molecule has 4 unspecified atom stereocenters. The molecule has 0 amide bonds. The second-order valence-corrected chi connectivity index (χ2v) is 6.89. The van der Waals surface area contributed by atoms with Crippen LogP contribution in [0.2, 0.25) is 0 Å². The van der Waals surface area contributed by atoms with Gasteiger partial charge in [0.1, 0.15) is 5.82 Å². The molecule has 1 fully saturated rings. The van der Waals surface area contributed by atoms with E-state index < -0.39 is 10.8 Å². The molecule has 1 aromatic rings. The molecule has 0 aliphatic heterocycles. The van der Waals surface area contributed by atoms with Gasteiger partial charge in [0.2, 0.25) is 0 Å². The lowest BCUT2D eigenvalue weighted by atomic mass is 9.84. The summed E-state index contributed by atoms with van der Waals surface area (Å²) in [6.45, 7) is 2.17. The molecule has 1 aliphatic rings. The summed E-state index contributed by atoms with van der Waals surface area (Å²) in [6, 6.07) is 6.66. The molecule has 19 heavy (non-hydrogen) atoms. The molecule has 0 heterocycles. The van der Waals surface area contributed by atoms with Crippen LogP contribution in [-0.2, 0) is 10.8 Å². The third-order valence-electron chi connectivity index (χ3n) is 4.18. The Balaban J connectivity index is 2.22. The zero-order valence-corrected chi connectivity index (χ0v) is 12.4. The van der Waals surface area contributed by atoms with Crippen molar-refractivity contribution < 1.29 is 8.60 Å². The van der Waals surface area contributed by atoms with Crippen molar-refractivity contribution in [1.82, 2.24) is 5.32 Å². The average Bonchev–Trinajstić information content (AvgIpc) is 2.46. The number of hydrogen-bond acceptors (Lipinski definition) is 2. The SMILES string of the molecule is CCC1CCC(NC)C(S(=O)c2ccccc2F)C1. The van der Waals surface area contributed by atoms with Gasteiger partial charge in [0, 0.05) is 6.04 Å². The van der Waals surface area contributed by atoms with E-state index in [0.29, 0.717) is 10.8 Å². The third-order valence-corrected chi connectivity index (χ3v) is 6.01. The highest BCUT2D eigenvalue weighted by Crippen LogP contribution is 2.32. The summed E-state index contributed by atoms with van der Waals surface area (Å²) in [5.74, 6) is 0.264. The molecule has 0 aromatic heterocycles. The van der Waals surface area contributed by atoms with Crippen LogP contribution in [0.1, 0.15) is 32.6 Å². The fourth-order valence-corrected chi connectivity index (χ4v) is 4.74. The third kappa shape index (κ3) is 3.23. The Morgan fingerprint density at radius 1 is 1.37 bits per heavy atom. The van der Waals surface area contributed by atoms with Gasteiger partial charge in [-0.2, -0.15) is 0 Å². The first kappa shape index (κ1) is 14.7. The van der Waals surface area contributed by atoms with Crippen LogP contribution in [0.15, 0.2) is 29.2 Å². The predicted octanol–water partition coefficient (Wildman–Crippen LogP) is 3.10. The summed E-state index contributed by atoms with van der Waals surface area (Å²) in [5.41, 5.74) is 0. The van der Waals surface area contributed by atoms with Crippen LogP contribution in [-0.4, -0.2) is 22.5 Å². The molecular formula is C15H22FNOS. The summed E-state index contributed by atoms with van der Waals surface area (Å²) in [6.07, 6.45) is 4.23. The lowest BCUT2D eigenvalue weighted by Crippen LogP contribution is -2.44. The molecule has 4 atom stereocenters. The van der Waals surface area contributed by atoms with Crippen molar-refractivity contribution in [2.45, 2.75) is 48.8 Å². The first-order valence-corrected chi connectivity index (χ1v) is 8.21. The lowest BCUT2D eigenvalue weighted by molar-refractivity contribution is 0.300. The Bertz CT molecular complexity index is 452. The predicted molar refractivity (Wildman–Crippen MR) is 77.1 cm³/mol. The van der Waals surface area contributed by atoms with Crippen molar-refractivity contribution in [2.24, 2.45) is 5.92 Å². The highest BCUT2D eigenvalue weighted by Gasteiger charge is 2.34. The van der Waals surface area contributed by atoms with E-state index in [9.17, 15) is 8.60 Å². The van der Waals surface area contributed by atoms with Crippen molar-refractivity contribution in [2.75, 3.05) is 7.05 Å². The minimum Gasteiger partial charge on any atom is -0.316 e. The van der Waals surface area contributed by atoms with Crippen molar-refractivity contribution in [3.8, 4) is 0 Å².